The fourth-order valence-corrected chi connectivity index (χ4v) is 1.96. The number of rotatable bonds is 3. The summed E-state index contributed by atoms with van der Waals surface area (Å²) in [5, 5.41) is 5.10. The number of amides is 1. The third-order valence-electron chi connectivity index (χ3n) is 2.03. The number of hydrogen-bond donors (Lipinski definition) is 3. The van der Waals surface area contributed by atoms with Crippen molar-refractivity contribution in [2.24, 2.45) is 5.84 Å². The molecule has 0 spiro atoms. The molecular formula is C10H11N5OS. The molecular weight excluding hydrogens is 238 g/mol. The molecule has 0 radical (unpaired) electrons. The van der Waals surface area contributed by atoms with Crippen molar-refractivity contribution in [3.05, 3.63) is 35.0 Å². The molecule has 0 saturated heterocycles. The number of aryl methyl sites for hydroxylation is 1. The van der Waals surface area contributed by atoms with Crippen LogP contribution in [-0.2, 0) is 0 Å². The van der Waals surface area contributed by atoms with Crippen LogP contribution in [0.2, 0.25) is 0 Å². The SMILES string of the molecule is Cc1csc(NC(=O)c2cccnc2NN)n1. The van der Waals surface area contributed by atoms with Crippen LogP contribution in [0.5, 0.6) is 0 Å². The maximum atomic E-state index is 11.9. The van der Waals surface area contributed by atoms with Gasteiger partial charge in [0.05, 0.1) is 11.3 Å². The number of hydrogen-bond acceptors (Lipinski definition) is 6. The van der Waals surface area contributed by atoms with E-state index in [1.165, 1.54) is 11.3 Å². The van der Waals surface area contributed by atoms with E-state index in [4.69, 9.17) is 5.84 Å². The number of nitrogens with one attached hydrogen (secondary N) is 2. The van der Waals surface area contributed by atoms with Crippen molar-refractivity contribution in [3.8, 4) is 0 Å². The number of nitrogens with zero attached hydrogens (tertiary/aromatic N) is 2. The van der Waals surface area contributed by atoms with Crippen LogP contribution in [0.3, 0.4) is 0 Å². The summed E-state index contributed by atoms with van der Waals surface area (Å²) >= 11 is 1.37. The van der Waals surface area contributed by atoms with Gasteiger partial charge in [-0.1, -0.05) is 0 Å². The molecule has 0 unspecified atom stereocenters. The standard InChI is InChI=1S/C10H11N5OS/c1-6-5-17-10(13-6)14-9(16)7-3-2-4-12-8(7)15-11/h2-5H,11H2,1H3,(H,12,15)(H,13,14,16). The van der Waals surface area contributed by atoms with Gasteiger partial charge in [-0.3, -0.25) is 10.1 Å². The average Bonchev–Trinajstić information content (AvgIpc) is 2.74. The summed E-state index contributed by atoms with van der Waals surface area (Å²) < 4.78 is 0. The third-order valence-corrected chi connectivity index (χ3v) is 2.90. The van der Waals surface area contributed by atoms with E-state index in [1.807, 2.05) is 12.3 Å². The summed E-state index contributed by atoms with van der Waals surface area (Å²) in [5.41, 5.74) is 3.63. The van der Waals surface area contributed by atoms with Crippen molar-refractivity contribution in [1.82, 2.24) is 9.97 Å². The Morgan fingerprint density at radius 3 is 3.00 bits per heavy atom. The Balaban J connectivity index is 2.20. The Bertz CT molecular complexity index is 539. The molecule has 6 nitrogen and oxygen atoms in total. The molecule has 0 saturated carbocycles. The molecule has 2 aromatic rings. The lowest BCUT2D eigenvalue weighted by Gasteiger charge is -2.06. The van der Waals surface area contributed by atoms with E-state index < -0.39 is 0 Å². The quantitative estimate of drug-likeness (QED) is 0.564. The minimum absolute atomic E-state index is 0.291. The lowest BCUT2D eigenvalue weighted by molar-refractivity contribution is 0.102. The predicted molar refractivity (Wildman–Crippen MR) is 66.9 cm³/mol. The Hall–Kier alpha value is -1.99. The molecule has 2 aromatic heterocycles. The minimum Gasteiger partial charge on any atom is -0.308 e. The lowest BCUT2D eigenvalue weighted by atomic mass is 10.2. The van der Waals surface area contributed by atoms with Gasteiger partial charge in [0.25, 0.3) is 5.91 Å². The molecule has 1 amide bonds. The van der Waals surface area contributed by atoms with Crippen molar-refractivity contribution >= 4 is 28.2 Å². The largest absolute Gasteiger partial charge is 0.308 e. The minimum atomic E-state index is -0.291. The molecule has 17 heavy (non-hydrogen) atoms. The third kappa shape index (κ3) is 2.58. The first-order chi connectivity index (χ1) is 8.20. The Morgan fingerprint density at radius 2 is 2.35 bits per heavy atom. The summed E-state index contributed by atoms with van der Waals surface area (Å²) in [7, 11) is 0. The van der Waals surface area contributed by atoms with Crippen LogP contribution in [0.4, 0.5) is 10.9 Å². The predicted octanol–water partition coefficient (Wildman–Crippen LogP) is 1.38. The van der Waals surface area contributed by atoms with E-state index in [2.05, 4.69) is 20.7 Å². The first-order valence-electron chi connectivity index (χ1n) is 4.86. The van der Waals surface area contributed by atoms with E-state index >= 15 is 0 Å². The highest BCUT2D eigenvalue weighted by molar-refractivity contribution is 7.13. The first kappa shape index (κ1) is 11.5. The summed E-state index contributed by atoms with van der Waals surface area (Å²) in [4.78, 5) is 20.0. The number of carbonyl (C=O) groups is 1. The summed E-state index contributed by atoms with van der Waals surface area (Å²) in [5.74, 6) is 5.32. The highest BCUT2D eigenvalue weighted by Crippen LogP contribution is 2.17. The second kappa shape index (κ2) is 4.89. The Kier molecular flexibility index (Phi) is 3.31. The smallest absolute Gasteiger partial charge is 0.261 e. The van der Waals surface area contributed by atoms with E-state index in [0.717, 1.165) is 5.69 Å². The maximum absolute atomic E-state index is 11.9. The van der Waals surface area contributed by atoms with Gasteiger partial charge in [0.2, 0.25) is 0 Å². The number of pyridine rings is 1. The zero-order valence-corrected chi connectivity index (χ0v) is 9.91. The normalized spacial score (nSPS) is 10.0. The number of carbonyl (C=O) groups excluding carboxylic acids is 1. The van der Waals surface area contributed by atoms with Gasteiger partial charge in [0, 0.05) is 11.6 Å². The van der Waals surface area contributed by atoms with Crippen molar-refractivity contribution in [2.45, 2.75) is 6.92 Å². The van der Waals surface area contributed by atoms with Gasteiger partial charge in [-0.15, -0.1) is 11.3 Å². The molecule has 4 N–H and O–H groups in total. The van der Waals surface area contributed by atoms with E-state index in [0.29, 0.717) is 16.5 Å². The Labute approximate surface area is 102 Å². The number of aromatic nitrogens is 2. The van der Waals surface area contributed by atoms with Crippen LogP contribution in [0.15, 0.2) is 23.7 Å². The van der Waals surface area contributed by atoms with Crippen LogP contribution in [0.25, 0.3) is 0 Å². The number of anilines is 2. The number of hydrazine groups is 1. The monoisotopic (exact) mass is 249 g/mol. The van der Waals surface area contributed by atoms with Gasteiger partial charge in [-0.25, -0.2) is 15.8 Å². The van der Waals surface area contributed by atoms with E-state index in [1.54, 1.807) is 18.3 Å². The van der Waals surface area contributed by atoms with Gasteiger partial charge < -0.3 is 5.43 Å². The van der Waals surface area contributed by atoms with Gasteiger partial charge in [0.15, 0.2) is 10.9 Å². The summed E-state index contributed by atoms with van der Waals surface area (Å²) in [6, 6.07) is 3.31. The molecule has 0 aromatic carbocycles. The van der Waals surface area contributed by atoms with Crippen molar-refractivity contribution in [3.63, 3.8) is 0 Å². The van der Waals surface area contributed by atoms with Crippen molar-refractivity contribution in [2.75, 3.05) is 10.7 Å². The summed E-state index contributed by atoms with van der Waals surface area (Å²) in [6.07, 6.45) is 1.56. The topological polar surface area (TPSA) is 92.9 Å². The molecule has 0 atom stereocenters. The number of nitrogens with two attached hydrogens (primary N) is 1. The zero-order valence-electron chi connectivity index (χ0n) is 9.10. The second-order valence-electron chi connectivity index (χ2n) is 3.29. The first-order valence-corrected chi connectivity index (χ1v) is 5.74. The van der Waals surface area contributed by atoms with Crippen LogP contribution in [0.1, 0.15) is 16.1 Å². The molecule has 88 valence electrons. The fraction of sp³-hybridized carbons (Fsp3) is 0.100. The van der Waals surface area contributed by atoms with Crippen LogP contribution < -0.4 is 16.6 Å². The average molecular weight is 249 g/mol. The zero-order chi connectivity index (χ0) is 12.3. The Morgan fingerprint density at radius 1 is 1.53 bits per heavy atom. The lowest BCUT2D eigenvalue weighted by Crippen LogP contribution is -2.18. The summed E-state index contributed by atoms with van der Waals surface area (Å²) in [6.45, 7) is 1.86. The molecule has 2 rings (SSSR count). The van der Waals surface area contributed by atoms with Crippen LogP contribution in [0, 0.1) is 6.92 Å². The maximum Gasteiger partial charge on any atom is 0.261 e. The molecule has 0 aliphatic carbocycles. The molecule has 7 heteroatoms. The van der Waals surface area contributed by atoms with Crippen molar-refractivity contribution in [1.29, 1.82) is 0 Å². The molecule has 0 aliphatic heterocycles. The highest BCUT2D eigenvalue weighted by Gasteiger charge is 2.12. The van der Waals surface area contributed by atoms with Crippen LogP contribution in [-0.4, -0.2) is 15.9 Å². The van der Waals surface area contributed by atoms with Gasteiger partial charge in [-0.2, -0.15) is 0 Å². The van der Waals surface area contributed by atoms with E-state index in [-0.39, 0.29) is 5.91 Å². The van der Waals surface area contributed by atoms with Gasteiger partial charge >= 0.3 is 0 Å². The molecule has 0 bridgehead atoms. The number of thiazole rings is 1. The highest BCUT2D eigenvalue weighted by atomic mass is 32.1. The molecule has 2 heterocycles. The number of nitrogen functional groups attached to an aromatic ring is 1. The van der Waals surface area contributed by atoms with Gasteiger partial charge in [0.1, 0.15) is 0 Å². The molecule has 0 fully saturated rings. The van der Waals surface area contributed by atoms with Gasteiger partial charge in [-0.05, 0) is 19.1 Å². The second-order valence-corrected chi connectivity index (χ2v) is 4.15. The van der Waals surface area contributed by atoms with E-state index in [9.17, 15) is 4.79 Å². The van der Waals surface area contributed by atoms with Crippen molar-refractivity contribution < 1.29 is 4.79 Å². The molecule has 0 aliphatic rings. The van der Waals surface area contributed by atoms with Crippen LogP contribution >= 0.6 is 11.3 Å². The fourth-order valence-electron chi connectivity index (χ4n) is 1.28.